The SMILES string of the molecule is CCCCONC(=O)c1cc(Cl)ccc1O. The van der Waals surface area contributed by atoms with Crippen LogP contribution in [-0.2, 0) is 4.84 Å². The van der Waals surface area contributed by atoms with E-state index in [0.717, 1.165) is 12.8 Å². The number of hydroxylamine groups is 1. The lowest BCUT2D eigenvalue weighted by molar-refractivity contribution is 0.0300. The molecule has 5 heteroatoms. The molecule has 0 saturated heterocycles. The van der Waals surface area contributed by atoms with Gasteiger partial charge in [-0.2, -0.15) is 0 Å². The van der Waals surface area contributed by atoms with Crippen molar-refractivity contribution >= 4 is 17.5 Å². The van der Waals surface area contributed by atoms with Crippen LogP contribution in [0.1, 0.15) is 30.1 Å². The Labute approximate surface area is 99.1 Å². The minimum Gasteiger partial charge on any atom is -0.507 e. The Morgan fingerprint density at radius 1 is 1.56 bits per heavy atom. The van der Waals surface area contributed by atoms with Crippen LogP contribution in [0.15, 0.2) is 18.2 Å². The minimum absolute atomic E-state index is 0.101. The van der Waals surface area contributed by atoms with Crippen LogP contribution in [0.2, 0.25) is 5.02 Å². The predicted octanol–water partition coefficient (Wildman–Crippen LogP) is 2.51. The van der Waals surface area contributed by atoms with E-state index in [2.05, 4.69) is 5.48 Å². The lowest BCUT2D eigenvalue weighted by Gasteiger charge is -2.06. The van der Waals surface area contributed by atoms with Crippen LogP contribution in [0.4, 0.5) is 0 Å². The summed E-state index contributed by atoms with van der Waals surface area (Å²) in [7, 11) is 0. The van der Waals surface area contributed by atoms with Gasteiger partial charge >= 0.3 is 0 Å². The van der Waals surface area contributed by atoms with Crippen molar-refractivity contribution in [1.82, 2.24) is 5.48 Å². The Balaban J connectivity index is 2.55. The molecule has 0 saturated carbocycles. The number of halogens is 1. The summed E-state index contributed by atoms with van der Waals surface area (Å²) in [5, 5.41) is 9.82. The normalized spacial score (nSPS) is 10.1. The van der Waals surface area contributed by atoms with E-state index in [0.29, 0.717) is 11.6 Å². The largest absolute Gasteiger partial charge is 0.507 e. The number of nitrogens with one attached hydrogen (secondary N) is 1. The van der Waals surface area contributed by atoms with Crippen molar-refractivity contribution in [3.8, 4) is 5.75 Å². The van der Waals surface area contributed by atoms with E-state index in [4.69, 9.17) is 16.4 Å². The number of benzene rings is 1. The molecule has 4 nitrogen and oxygen atoms in total. The van der Waals surface area contributed by atoms with Gasteiger partial charge < -0.3 is 5.11 Å². The number of unbranched alkanes of at least 4 members (excludes halogenated alkanes) is 1. The lowest BCUT2D eigenvalue weighted by atomic mass is 10.2. The van der Waals surface area contributed by atoms with E-state index in [1.54, 1.807) is 0 Å². The van der Waals surface area contributed by atoms with Crippen LogP contribution in [0.25, 0.3) is 0 Å². The Bertz CT molecular complexity index is 368. The number of carbonyl (C=O) groups excluding carboxylic acids is 1. The molecular weight excluding hydrogens is 230 g/mol. The molecule has 0 radical (unpaired) electrons. The molecule has 0 unspecified atom stereocenters. The van der Waals surface area contributed by atoms with Gasteiger partial charge in [0.15, 0.2) is 0 Å². The summed E-state index contributed by atoms with van der Waals surface area (Å²) in [5.74, 6) is -0.628. The molecule has 0 atom stereocenters. The number of phenolic OH excluding ortho intramolecular Hbond substituents is 1. The Hall–Kier alpha value is -1.26. The summed E-state index contributed by atoms with van der Waals surface area (Å²) in [4.78, 5) is 16.5. The fraction of sp³-hybridized carbons (Fsp3) is 0.364. The summed E-state index contributed by atoms with van der Waals surface area (Å²) in [5.41, 5.74) is 2.35. The van der Waals surface area contributed by atoms with E-state index in [-0.39, 0.29) is 11.3 Å². The summed E-state index contributed by atoms with van der Waals surface area (Å²) in [6, 6.07) is 4.25. The van der Waals surface area contributed by atoms with E-state index < -0.39 is 5.91 Å². The van der Waals surface area contributed by atoms with Crippen LogP contribution in [0, 0.1) is 0 Å². The van der Waals surface area contributed by atoms with Gasteiger partial charge in [0, 0.05) is 5.02 Å². The van der Waals surface area contributed by atoms with Gasteiger partial charge in [-0.25, -0.2) is 5.48 Å². The number of hydrogen-bond donors (Lipinski definition) is 2. The highest BCUT2D eigenvalue weighted by molar-refractivity contribution is 6.31. The lowest BCUT2D eigenvalue weighted by Crippen LogP contribution is -2.24. The van der Waals surface area contributed by atoms with Crippen molar-refractivity contribution < 1.29 is 14.7 Å². The fourth-order valence-electron chi connectivity index (χ4n) is 1.08. The van der Waals surface area contributed by atoms with Crippen LogP contribution < -0.4 is 5.48 Å². The van der Waals surface area contributed by atoms with E-state index in [1.807, 2.05) is 6.92 Å². The number of rotatable bonds is 5. The average molecular weight is 244 g/mol. The zero-order valence-electron chi connectivity index (χ0n) is 9.00. The molecule has 1 aromatic rings. The van der Waals surface area contributed by atoms with E-state index in [1.165, 1.54) is 18.2 Å². The van der Waals surface area contributed by atoms with Gasteiger partial charge in [-0.1, -0.05) is 24.9 Å². The second-order valence-corrected chi connectivity index (χ2v) is 3.73. The molecule has 2 N–H and O–H groups in total. The summed E-state index contributed by atoms with van der Waals surface area (Å²) >= 11 is 5.71. The molecule has 16 heavy (non-hydrogen) atoms. The van der Waals surface area contributed by atoms with E-state index >= 15 is 0 Å². The average Bonchev–Trinajstić information content (AvgIpc) is 2.27. The second kappa shape index (κ2) is 6.35. The number of carbonyl (C=O) groups is 1. The monoisotopic (exact) mass is 243 g/mol. The molecule has 0 aliphatic rings. The first-order valence-electron chi connectivity index (χ1n) is 5.05. The molecule has 0 bridgehead atoms. The zero-order valence-corrected chi connectivity index (χ0v) is 9.75. The molecule has 1 aromatic carbocycles. The molecule has 0 heterocycles. The number of amides is 1. The molecule has 0 aliphatic heterocycles. The number of phenols is 1. The highest BCUT2D eigenvalue weighted by Gasteiger charge is 2.11. The van der Waals surface area contributed by atoms with Crippen molar-refractivity contribution in [1.29, 1.82) is 0 Å². The highest BCUT2D eigenvalue weighted by atomic mass is 35.5. The molecule has 88 valence electrons. The molecular formula is C11H14ClNO3. The van der Waals surface area contributed by atoms with Gasteiger partial charge in [-0.05, 0) is 24.6 Å². The maximum Gasteiger partial charge on any atom is 0.278 e. The molecule has 0 spiro atoms. The summed E-state index contributed by atoms with van der Waals surface area (Å²) < 4.78 is 0. The smallest absolute Gasteiger partial charge is 0.278 e. The van der Waals surface area contributed by atoms with Crippen LogP contribution in [0.5, 0.6) is 5.75 Å². The first-order chi connectivity index (χ1) is 7.65. The maximum atomic E-state index is 11.5. The number of hydrogen-bond acceptors (Lipinski definition) is 3. The van der Waals surface area contributed by atoms with Crippen LogP contribution in [-0.4, -0.2) is 17.6 Å². The third-order valence-corrected chi connectivity index (χ3v) is 2.20. The Morgan fingerprint density at radius 2 is 2.31 bits per heavy atom. The van der Waals surface area contributed by atoms with Crippen molar-refractivity contribution in [2.75, 3.05) is 6.61 Å². The third kappa shape index (κ3) is 3.72. The highest BCUT2D eigenvalue weighted by Crippen LogP contribution is 2.21. The molecule has 0 fully saturated rings. The Morgan fingerprint density at radius 3 is 3.00 bits per heavy atom. The van der Waals surface area contributed by atoms with E-state index in [9.17, 15) is 9.90 Å². The molecule has 0 aromatic heterocycles. The molecule has 1 rings (SSSR count). The molecule has 1 amide bonds. The first kappa shape index (κ1) is 12.8. The van der Waals surface area contributed by atoms with Crippen LogP contribution in [0.3, 0.4) is 0 Å². The minimum atomic E-state index is -0.504. The number of aromatic hydroxyl groups is 1. The van der Waals surface area contributed by atoms with Gasteiger partial charge in [0.2, 0.25) is 0 Å². The maximum absolute atomic E-state index is 11.5. The van der Waals surface area contributed by atoms with Gasteiger partial charge in [-0.15, -0.1) is 0 Å². The van der Waals surface area contributed by atoms with Crippen molar-refractivity contribution in [3.05, 3.63) is 28.8 Å². The first-order valence-corrected chi connectivity index (χ1v) is 5.43. The Kier molecular flexibility index (Phi) is 5.08. The summed E-state index contributed by atoms with van der Waals surface area (Å²) in [6.45, 7) is 2.47. The van der Waals surface area contributed by atoms with Gasteiger partial charge in [0.25, 0.3) is 5.91 Å². The topological polar surface area (TPSA) is 58.6 Å². The van der Waals surface area contributed by atoms with Crippen LogP contribution >= 0.6 is 11.6 Å². The van der Waals surface area contributed by atoms with Gasteiger partial charge in [0.1, 0.15) is 5.75 Å². The van der Waals surface area contributed by atoms with Crippen molar-refractivity contribution in [3.63, 3.8) is 0 Å². The van der Waals surface area contributed by atoms with Crippen molar-refractivity contribution in [2.45, 2.75) is 19.8 Å². The quantitative estimate of drug-likeness (QED) is 0.617. The standard InChI is InChI=1S/C11H14ClNO3/c1-2-3-6-16-13-11(15)9-7-8(12)4-5-10(9)14/h4-5,7,14H,2-3,6H2,1H3,(H,13,15). The molecule has 0 aliphatic carbocycles. The fourth-order valence-corrected chi connectivity index (χ4v) is 1.25. The zero-order chi connectivity index (χ0) is 12.0. The predicted molar refractivity (Wildman–Crippen MR) is 61.4 cm³/mol. The van der Waals surface area contributed by atoms with Gasteiger partial charge in [-0.3, -0.25) is 9.63 Å². The second-order valence-electron chi connectivity index (χ2n) is 3.29. The van der Waals surface area contributed by atoms with Gasteiger partial charge in [0.05, 0.1) is 12.2 Å². The van der Waals surface area contributed by atoms with Crippen molar-refractivity contribution in [2.24, 2.45) is 0 Å². The third-order valence-electron chi connectivity index (χ3n) is 1.97. The summed E-state index contributed by atoms with van der Waals surface area (Å²) in [6.07, 6.45) is 1.85.